The van der Waals surface area contributed by atoms with Crippen LogP contribution in [0.3, 0.4) is 0 Å². The summed E-state index contributed by atoms with van der Waals surface area (Å²) in [5.41, 5.74) is 3.19. The molecule has 31 heavy (non-hydrogen) atoms. The van der Waals surface area contributed by atoms with Crippen molar-refractivity contribution in [1.29, 1.82) is 0 Å². The molecule has 160 valence electrons. The van der Waals surface area contributed by atoms with Crippen LogP contribution < -0.4 is 9.64 Å². The van der Waals surface area contributed by atoms with E-state index in [1.165, 1.54) is 17.0 Å². The van der Waals surface area contributed by atoms with Gasteiger partial charge in [0, 0.05) is 30.0 Å². The zero-order valence-corrected chi connectivity index (χ0v) is 17.6. The van der Waals surface area contributed by atoms with Gasteiger partial charge in [0.1, 0.15) is 11.4 Å². The molecule has 1 heterocycles. The van der Waals surface area contributed by atoms with Gasteiger partial charge in [0.15, 0.2) is 5.78 Å². The molecule has 7 heteroatoms. The van der Waals surface area contributed by atoms with Gasteiger partial charge in [-0.1, -0.05) is 29.8 Å². The number of amides is 1. The molecule has 0 radical (unpaired) electrons. The highest BCUT2D eigenvalue weighted by molar-refractivity contribution is 6.08. The molecule has 0 spiro atoms. The summed E-state index contributed by atoms with van der Waals surface area (Å²) in [6, 6.07) is 12.3. The lowest BCUT2D eigenvalue weighted by atomic mass is 9.77. The predicted octanol–water partition coefficient (Wildman–Crippen LogP) is 4.83. The number of hydrogen-bond acceptors (Lipinski definition) is 5. The normalized spacial score (nSPS) is 18.8. The molecular formula is C24H24N2O5. The number of ketones is 1. The van der Waals surface area contributed by atoms with Crippen LogP contribution in [0, 0.1) is 17.0 Å². The van der Waals surface area contributed by atoms with Gasteiger partial charge in [-0.25, -0.2) is 0 Å². The number of nitro groups is 1. The van der Waals surface area contributed by atoms with Crippen molar-refractivity contribution in [3.05, 3.63) is 75.0 Å². The number of ether oxygens (including phenoxy) is 1. The van der Waals surface area contributed by atoms with Crippen LogP contribution >= 0.6 is 0 Å². The fourth-order valence-electron chi connectivity index (χ4n) is 4.45. The van der Waals surface area contributed by atoms with E-state index in [0.717, 1.165) is 11.1 Å². The van der Waals surface area contributed by atoms with Crippen molar-refractivity contribution in [2.24, 2.45) is 0 Å². The molecule has 1 unspecified atom stereocenters. The Kier molecular flexibility index (Phi) is 5.59. The summed E-state index contributed by atoms with van der Waals surface area (Å²) in [4.78, 5) is 39.0. The minimum absolute atomic E-state index is 0.0120. The lowest BCUT2D eigenvalue weighted by Gasteiger charge is -2.38. The van der Waals surface area contributed by atoms with Crippen molar-refractivity contribution in [2.75, 3.05) is 11.5 Å². The van der Waals surface area contributed by atoms with E-state index in [0.29, 0.717) is 42.9 Å². The largest absolute Gasteiger partial charge is 0.494 e. The zero-order valence-electron chi connectivity index (χ0n) is 17.6. The van der Waals surface area contributed by atoms with Gasteiger partial charge in [0.25, 0.3) is 5.69 Å². The van der Waals surface area contributed by atoms with Crippen LogP contribution in [-0.2, 0) is 9.59 Å². The van der Waals surface area contributed by atoms with E-state index in [-0.39, 0.29) is 35.4 Å². The maximum absolute atomic E-state index is 13.3. The van der Waals surface area contributed by atoms with Crippen LogP contribution in [0.4, 0.5) is 11.4 Å². The second-order valence-electron chi connectivity index (χ2n) is 7.87. The maximum Gasteiger partial charge on any atom is 0.297 e. The number of allylic oxidation sites excluding steroid dienone is 2. The summed E-state index contributed by atoms with van der Waals surface area (Å²) in [7, 11) is 0. The molecule has 0 N–H and O–H groups in total. The van der Waals surface area contributed by atoms with Crippen molar-refractivity contribution in [2.45, 2.75) is 45.4 Å². The summed E-state index contributed by atoms with van der Waals surface area (Å²) >= 11 is 0. The van der Waals surface area contributed by atoms with Crippen LogP contribution in [0.15, 0.2) is 53.7 Å². The third-order valence-electron chi connectivity index (χ3n) is 5.85. The molecule has 0 fully saturated rings. The number of Topliss-reactive ketones (excluding diaryl/α,β-unsaturated/α-hetero) is 1. The Morgan fingerprint density at radius 3 is 2.55 bits per heavy atom. The van der Waals surface area contributed by atoms with Crippen LogP contribution in [0.5, 0.6) is 5.75 Å². The van der Waals surface area contributed by atoms with Crippen molar-refractivity contribution >= 4 is 23.1 Å². The minimum atomic E-state index is -0.512. The molecule has 0 aromatic heterocycles. The van der Waals surface area contributed by atoms with E-state index in [9.17, 15) is 19.7 Å². The molecular weight excluding hydrogens is 396 g/mol. The lowest BCUT2D eigenvalue weighted by molar-refractivity contribution is -0.384. The van der Waals surface area contributed by atoms with Gasteiger partial charge in [-0.15, -0.1) is 0 Å². The second-order valence-corrected chi connectivity index (χ2v) is 7.87. The summed E-state index contributed by atoms with van der Waals surface area (Å²) in [5, 5.41) is 11.8. The van der Waals surface area contributed by atoms with Crippen LogP contribution in [0.25, 0.3) is 0 Å². The summed E-state index contributed by atoms with van der Waals surface area (Å²) in [6.45, 7) is 4.16. The fourth-order valence-corrected chi connectivity index (χ4v) is 4.45. The van der Waals surface area contributed by atoms with Crippen molar-refractivity contribution in [3.8, 4) is 5.75 Å². The number of hydrogen-bond donors (Lipinski definition) is 0. The van der Waals surface area contributed by atoms with Gasteiger partial charge in [-0.05, 0) is 44.4 Å². The standard InChI is InChI=1S/C24H24N2O5/c1-3-31-17-11-12-19(21(13-17)26(29)30)25-20-5-4-6-22(27)24(20)18(14-23(25)28)16-9-7-15(2)8-10-16/h7-13,18H,3-6,14H2,1-2H3. The van der Waals surface area contributed by atoms with E-state index in [1.807, 2.05) is 31.2 Å². The monoisotopic (exact) mass is 420 g/mol. The van der Waals surface area contributed by atoms with Crippen molar-refractivity contribution in [1.82, 2.24) is 0 Å². The number of carbonyl (C=O) groups excluding carboxylic acids is 2. The van der Waals surface area contributed by atoms with E-state index in [4.69, 9.17) is 4.74 Å². The topological polar surface area (TPSA) is 89.8 Å². The Hall–Kier alpha value is -3.48. The van der Waals surface area contributed by atoms with Crippen LogP contribution in [-0.4, -0.2) is 23.2 Å². The number of benzene rings is 2. The van der Waals surface area contributed by atoms with E-state index < -0.39 is 4.92 Å². The number of rotatable bonds is 5. The molecule has 1 atom stereocenters. The zero-order chi connectivity index (χ0) is 22.1. The SMILES string of the molecule is CCOc1ccc(N2C(=O)CC(c3ccc(C)cc3)C3=C2CCCC3=O)c([N+](=O)[O-])c1. The predicted molar refractivity (Wildman–Crippen MR) is 116 cm³/mol. The van der Waals surface area contributed by atoms with Crippen molar-refractivity contribution in [3.63, 3.8) is 0 Å². The second kappa shape index (κ2) is 8.34. The van der Waals surface area contributed by atoms with Gasteiger partial charge in [0.05, 0.1) is 17.6 Å². The Labute approximate surface area is 180 Å². The van der Waals surface area contributed by atoms with Gasteiger partial charge in [-0.2, -0.15) is 0 Å². The summed E-state index contributed by atoms with van der Waals surface area (Å²) in [6.07, 6.45) is 1.67. The molecule has 2 aromatic rings. The number of anilines is 1. The number of carbonyl (C=O) groups is 2. The molecule has 1 aliphatic carbocycles. The van der Waals surface area contributed by atoms with E-state index in [1.54, 1.807) is 13.0 Å². The summed E-state index contributed by atoms with van der Waals surface area (Å²) < 4.78 is 5.40. The maximum atomic E-state index is 13.3. The number of aryl methyl sites for hydroxylation is 1. The first kappa shape index (κ1) is 20.8. The van der Waals surface area contributed by atoms with Gasteiger partial charge in [0.2, 0.25) is 5.91 Å². The van der Waals surface area contributed by atoms with Gasteiger partial charge >= 0.3 is 0 Å². The molecule has 4 rings (SSSR count). The first-order chi connectivity index (χ1) is 14.9. The third-order valence-corrected chi connectivity index (χ3v) is 5.85. The average Bonchev–Trinajstić information content (AvgIpc) is 2.74. The first-order valence-corrected chi connectivity index (χ1v) is 10.5. The molecule has 7 nitrogen and oxygen atoms in total. The van der Waals surface area contributed by atoms with Gasteiger partial charge in [-0.3, -0.25) is 24.6 Å². The first-order valence-electron chi connectivity index (χ1n) is 10.5. The third kappa shape index (κ3) is 3.83. The lowest BCUT2D eigenvalue weighted by Crippen LogP contribution is -2.40. The number of nitro benzene ring substituents is 1. The fraction of sp³-hybridized carbons (Fsp3) is 0.333. The van der Waals surface area contributed by atoms with Gasteiger partial charge < -0.3 is 4.74 Å². The average molecular weight is 420 g/mol. The number of nitrogens with zero attached hydrogens (tertiary/aromatic N) is 2. The molecule has 2 aliphatic rings. The molecule has 1 amide bonds. The highest BCUT2D eigenvalue weighted by Gasteiger charge is 2.41. The Balaban J connectivity index is 1.86. The molecule has 0 saturated carbocycles. The van der Waals surface area contributed by atoms with Crippen LogP contribution in [0.1, 0.15) is 49.7 Å². The molecule has 0 saturated heterocycles. The highest BCUT2D eigenvalue weighted by Crippen LogP contribution is 2.45. The van der Waals surface area contributed by atoms with E-state index >= 15 is 0 Å². The molecule has 0 bridgehead atoms. The Bertz CT molecular complexity index is 1090. The van der Waals surface area contributed by atoms with E-state index in [2.05, 4.69) is 0 Å². The van der Waals surface area contributed by atoms with Crippen molar-refractivity contribution < 1.29 is 19.2 Å². The Morgan fingerprint density at radius 1 is 1.13 bits per heavy atom. The minimum Gasteiger partial charge on any atom is -0.494 e. The van der Waals surface area contributed by atoms with Crippen LogP contribution in [0.2, 0.25) is 0 Å². The summed E-state index contributed by atoms with van der Waals surface area (Å²) in [5.74, 6) is -0.188. The highest BCUT2D eigenvalue weighted by atomic mass is 16.6. The smallest absolute Gasteiger partial charge is 0.297 e. The molecule has 1 aliphatic heterocycles. The molecule has 2 aromatic carbocycles. The Morgan fingerprint density at radius 2 is 1.87 bits per heavy atom. The quantitative estimate of drug-likeness (QED) is 0.510.